The van der Waals surface area contributed by atoms with Crippen LogP contribution in [-0.2, 0) is 0 Å². The van der Waals surface area contributed by atoms with Crippen LogP contribution in [0.15, 0.2) is 21.9 Å². The van der Waals surface area contributed by atoms with E-state index in [1.807, 2.05) is 11.8 Å². The standard InChI is InChI=1S/C17H26N8OS2/c18-28-16-14(27-12-10-19-11-12)3-2-13(15(16)17-20-22-23-21-17)25-7-5-24(6-8-25)4-1-9-26/h2-3,12,19,26H,1,4-11,18H2,(H,20,21,22,23). The quantitative estimate of drug-likeness (QED) is 0.445. The van der Waals surface area contributed by atoms with E-state index in [1.54, 1.807) is 0 Å². The van der Waals surface area contributed by atoms with Crippen LogP contribution in [-0.4, -0.2) is 88.3 Å². The van der Waals surface area contributed by atoms with Crippen molar-refractivity contribution in [1.29, 1.82) is 0 Å². The van der Waals surface area contributed by atoms with E-state index in [0.29, 0.717) is 11.1 Å². The number of piperazine rings is 1. The number of hydrogen-bond donors (Lipinski definition) is 4. The normalized spacial score (nSPS) is 18.4. The van der Waals surface area contributed by atoms with E-state index in [1.165, 1.54) is 16.8 Å². The van der Waals surface area contributed by atoms with Crippen molar-refractivity contribution < 1.29 is 5.11 Å². The zero-order valence-electron chi connectivity index (χ0n) is 15.7. The number of aromatic amines is 1. The molecule has 1 aromatic heterocycles. The van der Waals surface area contributed by atoms with Gasteiger partial charge in [-0.15, -0.1) is 16.9 Å². The number of H-pyrrole nitrogens is 1. The SMILES string of the molecule is NSc1c(SC2CNC2)ccc(N2CCN(CCCO)CC2)c1-c1nnn[nH]1. The number of thioether (sulfide) groups is 1. The van der Waals surface area contributed by atoms with Crippen molar-refractivity contribution in [3.63, 3.8) is 0 Å². The summed E-state index contributed by atoms with van der Waals surface area (Å²) in [5.41, 5.74) is 2.10. The van der Waals surface area contributed by atoms with Gasteiger partial charge in [-0.3, -0.25) is 10.0 Å². The maximum atomic E-state index is 9.06. The first-order valence-corrected chi connectivity index (χ1v) is 11.3. The molecule has 0 atom stereocenters. The number of aliphatic hydroxyl groups is 1. The lowest BCUT2D eigenvalue weighted by atomic mass is 10.1. The molecule has 28 heavy (non-hydrogen) atoms. The van der Waals surface area contributed by atoms with Crippen molar-refractivity contribution in [1.82, 2.24) is 30.8 Å². The molecule has 5 N–H and O–H groups in total. The second-order valence-electron chi connectivity index (χ2n) is 6.96. The van der Waals surface area contributed by atoms with E-state index < -0.39 is 0 Å². The van der Waals surface area contributed by atoms with Crippen LogP contribution in [0.1, 0.15) is 6.42 Å². The molecule has 9 nitrogen and oxygen atoms in total. The van der Waals surface area contributed by atoms with Crippen molar-refractivity contribution in [2.75, 3.05) is 57.3 Å². The Morgan fingerprint density at radius 1 is 1.21 bits per heavy atom. The van der Waals surface area contributed by atoms with Gasteiger partial charge in [0.15, 0.2) is 5.82 Å². The molecular formula is C17H26N8OS2. The molecule has 0 unspecified atom stereocenters. The number of aliphatic hydroxyl groups excluding tert-OH is 1. The van der Waals surface area contributed by atoms with Gasteiger partial charge >= 0.3 is 0 Å². The van der Waals surface area contributed by atoms with Crippen LogP contribution in [0, 0.1) is 0 Å². The lowest BCUT2D eigenvalue weighted by Gasteiger charge is -2.37. The van der Waals surface area contributed by atoms with Gasteiger partial charge in [0.2, 0.25) is 0 Å². The number of aromatic nitrogens is 4. The Balaban J connectivity index is 1.61. The number of nitrogens with one attached hydrogen (secondary N) is 2. The third-order valence-electron chi connectivity index (χ3n) is 5.18. The highest BCUT2D eigenvalue weighted by molar-refractivity contribution is 8.02. The van der Waals surface area contributed by atoms with Crippen molar-refractivity contribution in [2.24, 2.45) is 5.14 Å². The van der Waals surface area contributed by atoms with Crippen molar-refractivity contribution in [2.45, 2.75) is 21.5 Å². The largest absolute Gasteiger partial charge is 0.396 e. The molecule has 0 spiro atoms. The lowest BCUT2D eigenvalue weighted by Crippen LogP contribution is -2.47. The molecule has 0 amide bonds. The van der Waals surface area contributed by atoms with Gasteiger partial charge in [0.1, 0.15) is 0 Å². The molecule has 1 aromatic carbocycles. The van der Waals surface area contributed by atoms with Crippen LogP contribution in [0.4, 0.5) is 5.69 Å². The zero-order chi connectivity index (χ0) is 19.3. The number of nitrogens with zero attached hydrogens (tertiary/aromatic N) is 5. The summed E-state index contributed by atoms with van der Waals surface area (Å²) in [6.45, 7) is 7.04. The minimum atomic E-state index is 0.246. The molecule has 152 valence electrons. The Kier molecular flexibility index (Phi) is 6.70. The van der Waals surface area contributed by atoms with E-state index in [9.17, 15) is 0 Å². The fraction of sp³-hybridized carbons (Fsp3) is 0.588. The Hall–Kier alpha value is -1.37. The van der Waals surface area contributed by atoms with Gasteiger partial charge in [-0.1, -0.05) is 0 Å². The molecule has 0 radical (unpaired) electrons. The molecule has 0 bridgehead atoms. The summed E-state index contributed by atoms with van der Waals surface area (Å²) in [4.78, 5) is 6.98. The summed E-state index contributed by atoms with van der Waals surface area (Å²) < 4.78 is 0. The Labute approximate surface area is 172 Å². The minimum Gasteiger partial charge on any atom is -0.396 e. The number of nitrogens with two attached hydrogens (primary N) is 1. The first-order valence-electron chi connectivity index (χ1n) is 9.53. The Morgan fingerprint density at radius 2 is 2.04 bits per heavy atom. The van der Waals surface area contributed by atoms with E-state index in [0.717, 1.165) is 68.4 Å². The first-order chi connectivity index (χ1) is 13.8. The smallest absolute Gasteiger partial charge is 0.182 e. The molecule has 2 saturated heterocycles. The highest BCUT2D eigenvalue weighted by Crippen LogP contribution is 2.43. The van der Waals surface area contributed by atoms with Crippen LogP contribution < -0.4 is 15.4 Å². The van der Waals surface area contributed by atoms with E-state index in [2.05, 4.69) is 47.9 Å². The van der Waals surface area contributed by atoms with Gasteiger partial charge in [0.05, 0.1) is 5.56 Å². The third-order valence-corrected chi connectivity index (χ3v) is 7.23. The van der Waals surface area contributed by atoms with Crippen LogP contribution in [0.5, 0.6) is 0 Å². The van der Waals surface area contributed by atoms with Gasteiger partial charge in [-0.2, -0.15) is 0 Å². The van der Waals surface area contributed by atoms with Crippen molar-refractivity contribution in [3.8, 4) is 11.4 Å². The van der Waals surface area contributed by atoms with E-state index in [4.69, 9.17) is 10.2 Å². The summed E-state index contributed by atoms with van der Waals surface area (Å²) in [7, 11) is 0. The highest BCUT2D eigenvalue weighted by Gasteiger charge is 2.26. The van der Waals surface area contributed by atoms with Gasteiger partial charge in [-0.05, 0) is 40.9 Å². The number of tetrazole rings is 1. The van der Waals surface area contributed by atoms with Gasteiger partial charge in [0.25, 0.3) is 0 Å². The molecule has 0 aliphatic carbocycles. The molecule has 0 saturated carbocycles. The maximum absolute atomic E-state index is 9.06. The Morgan fingerprint density at radius 3 is 2.64 bits per heavy atom. The first kappa shape index (κ1) is 19.9. The van der Waals surface area contributed by atoms with Crippen LogP contribution in [0.3, 0.4) is 0 Å². The molecule has 2 aromatic rings. The average molecular weight is 423 g/mol. The van der Waals surface area contributed by atoms with E-state index >= 15 is 0 Å². The molecule has 2 fully saturated rings. The minimum absolute atomic E-state index is 0.246. The number of anilines is 1. The molecular weight excluding hydrogens is 396 g/mol. The lowest BCUT2D eigenvalue weighted by molar-refractivity contribution is 0.216. The average Bonchev–Trinajstić information content (AvgIpc) is 3.23. The van der Waals surface area contributed by atoms with Crippen LogP contribution in [0.25, 0.3) is 11.4 Å². The fourth-order valence-corrected chi connectivity index (χ4v) is 5.46. The molecule has 11 heteroatoms. The molecule has 3 heterocycles. The maximum Gasteiger partial charge on any atom is 0.182 e. The monoisotopic (exact) mass is 422 g/mol. The topological polar surface area (TPSA) is 119 Å². The van der Waals surface area contributed by atoms with Crippen molar-refractivity contribution in [3.05, 3.63) is 12.1 Å². The summed E-state index contributed by atoms with van der Waals surface area (Å²) in [5.74, 6) is 0.653. The molecule has 2 aliphatic heterocycles. The summed E-state index contributed by atoms with van der Waals surface area (Å²) in [6.07, 6.45) is 0.824. The van der Waals surface area contributed by atoms with Crippen molar-refractivity contribution >= 4 is 29.4 Å². The van der Waals surface area contributed by atoms with E-state index in [-0.39, 0.29) is 6.61 Å². The summed E-state index contributed by atoms with van der Waals surface area (Å²) in [6, 6.07) is 4.36. The van der Waals surface area contributed by atoms with Gasteiger partial charge < -0.3 is 15.3 Å². The summed E-state index contributed by atoms with van der Waals surface area (Å²) in [5, 5.41) is 33.8. The summed E-state index contributed by atoms with van der Waals surface area (Å²) >= 11 is 3.13. The predicted octanol–water partition coefficient (Wildman–Crippen LogP) is 0.401. The van der Waals surface area contributed by atoms with Crippen LogP contribution in [0.2, 0.25) is 0 Å². The predicted molar refractivity (Wildman–Crippen MR) is 113 cm³/mol. The molecule has 2 aliphatic rings. The fourth-order valence-electron chi connectivity index (χ4n) is 3.55. The van der Waals surface area contributed by atoms with Crippen LogP contribution >= 0.6 is 23.7 Å². The molecule has 4 rings (SSSR count). The van der Waals surface area contributed by atoms with Gasteiger partial charge in [-0.25, -0.2) is 5.10 Å². The second kappa shape index (κ2) is 9.42. The zero-order valence-corrected chi connectivity index (χ0v) is 17.3. The number of hydrogen-bond acceptors (Lipinski definition) is 10. The number of rotatable bonds is 8. The number of benzene rings is 1. The Bertz CT molecular complexity index is 763. The third kappa shape index (κ3) is 4.29. The highest BCUT2D eigenvalue weighted by atomic mass is 32.2. The second-order valence-corrected chi connectivity index (χ2v) is 8.94. The van der Waals surface area contributed by atoms with Gasteiger partial charge in [0, 0.05) is 73.1 Å².